The second kappa shape index (κ2) is 5.19. The summed E-state index contributed by atoms with van der Waals surface area (Å²) in [6.45, 7) is 1.68. The first-order valence-electron chi connectivity index (χ1n) is 5.29. The molecule has 0 aromatic heterocycles. The molecule has 0 amide bonds. The summed E-state index contributed by atoms with van der Waals surface area (Å²) in [6.07, 6.45) is 0.664. The molecule has 0 spiro atoms. The first-order valence-corrected chi connectivity index (χ1v) is 5.66. The lowest BCUT2D eigenvalue weighted by Crippen LogP contribution is -1.89. The Morgan fingerprint density at radius 3 is 2.44 bits per heavy atom. The summed E-state index contributed by atoms with van der Waals surface area (Å²) in [5.74, 6) is 0.505. The molecule has 0 N–H and O–H groups in total. The molecule has 0 radical (unpaired) electrons. The van der Waals surface area contributed by atoms with Crippen LogP contribution in [0.3, 0.4) is 0 Å². The van der Waals surface area contributed by atoms with Gasteiger partial charge in [0.05, 0.1) is 5.02 Å². The zero-order valence-electron chi connectivity index (χ0n) is 9.61. The second-order valence-corrected chi connectivity index (χ2v) is 4.22. The zero-order valence-corrected chi connectivity index (χ0v) is 10.4. The van der Waals surface area contributed by atoms with E-state index in [9.17, 15) is 9.18 Å². The molecule has 2 rings (SSSR count). The number of hydrogen-bond donors (Lipinski definition) is 0. The Balaban J connectivity index is 2.25. The van der Waals surface area contributed by atoms with Crippen LogP contribution in [0.4, 0.5) is 4.39 Å². The molecule has 0 heterocycles. The Bertz CT molecular complexity index is 596. The fourth-order valence-corrected chi connectivity index (χ4v) is 1.66. The van der Waals surface area contributed by atoms with Gasteiger partial charge >= 0.3 is 0 Å². The molecule has 92 valence electrons. The van der Waals surface area contributed by atoms with Crippen LogP contribution >= 0.6 is 11.6 Å². The van der Waals surface area contributed by atoms with Gasteiger partial charge in [-0.15, -0.1) is 0 Å². The molecule has 0 atom stereocenters. The third-order valence-corrected chi connectivity index (χ3v) is 2.81. The Morgan fingerprint density at radius 2 is 1.83 bits per heavy atom. The first-order chi connectivity index (χ1) is 8.60. The van der Waals surface area contributed by atoms with Crippen LogP contribution in [-0.4, -0.2) is 6.29 Å². The highest BCUT2D eigenvalue weighted by Gasteiger charge is 2.04. The van der Waals surface area contributed by atoms with Gasteiger partial charge in [-0.3, -0.25) is 4.79 Å². The van der Waals surface area contributed by atoms with Crippen molar-refractivity contribution < 1.29 is 13.9 Å². The maximum absolute atomic E-state index is 13.3. The van der Waals surface area contributed by atoms with Crippen molar-refractivity contribution in [3.05, 3.63) is 58.4 Å². The van der Waals surface area contributed by atoms with E-state index in [1.807, 2.05) is 0 Å². The van der Waals surface area contributed by atoms with Crippen LogP contribution in [0.5, 0.6) is 11.5 Å². The van der Waals surface area contributed by atoms with E-state index in [1.165, 1.54) is 12.1 Å². The summed E-state index contributed by atoms with van der Waals surface area (Å²) in [7, 11) is 0. The predicted octanol–water partition coefficient (Wildman–Crippen LogP) is 4.39. The van der Waals surface area contributed by atoms with E-state index < -0.39 is 0 Å². The maximum atomic E-state index is 13.3. The molecule has 18 heavy (non-hydrogen) atoms. The number of carbonyl (C=O) groups excluding carboxylic acids is 1. The van der Waals surface area contributed by atoms with Crippen LogP contribution in [0.25, 0.3) is 0 Å². The van der Waals surface area contributed by atoms with E-state index in [0.29, 0.717) is 33.9 Å². The minimum Gasteiger partial charge on any atom is -0.457 e. The van der Waals surface area contributed by atoms with Crippen molar-refractivity contribution in [2.75, 3.05) is 0 Å². The number of hydrogen-bond acceptors (Lipinski definition) is 2. The van der Waals surface area contributed by atoms with Crippen molar-refractivity contribution in [3.8, 4) is 11.5 Å². The van der Waals surface area contributed by atoms with Crippen LogP contribution in [0.15, 0.2) is 36.4 Å². The molecule has 2 aromatic rings. The maximum Gasteiger partial charge on any atom is 0.151 e. The molecule has 0 aliphatic heterocycles. The van der Waals surface area contributed by atoms with Crippen LogP contribution in [0.2, 0.25) is 5.02 Å². The minimum atomic E-state index is -0.330. The van der Waals surface area contributed by atoms with E-state index in [4.69, 9.17) is 16.3 Å². The predicted molar refractivity (Wildman–Crippen MR) is 68.1 cm³/mol. The zero-order chi connectivity index (χ0) is 13.1. The molecule has 0 fully saturated rings. The lowest BCUT2D eigenvalue weighted by Gasteiger charge is -2.07. The number of carbonyl (C=O) groups is 1. The van der Waals surface area contributed by atoms with Gasteiger partial charge in [0.25, 0.3) is 0 Å². The van der Waals surface area contributed by atoms with Crippen LogP contribution in [-0.2, 0) is 0 Å². The van der Waals surface area contributed by atoms with Gasteiger partial charge in [-0.05, 0) is 30.7 Å². The smallest absolute Gasteiger partial charge is 0.151 e. The van der Waals surface area contributed by atoms with Gasteiger partial charge in [-0.1, -0.05) is 17.7 Å². The topological polar surface area (TPSA) is 26.3 Å². The third kappa shape index (κ3) is 2.68. The van der Waals surface area contributed by atoms with Gasteiger partial charge in [0.15, 0.2) is 6.29 Å². The number of rotatable bonds is 3. The van der Waals surface area contributed by atoms with Gasteiger partial charge in [0.2, 0.25) is 0 Å². The molecule has 4 heteroatoms. The van der Waals surface area contributed by atoms with E-state index in [1.54, 1.807) is 31.2 Å². The van der Waals surface area contributed by atoms with Gasteiger partial charge in [-0.25, -0.2) is 4.39 Å². The summed E-state index contributed by atoms with van der Waals surface area (Å²) < 4.78 is 18.8. The molecule has 0 bridgehead atoms. The highest BCUT2D eigenvalue weighted by atomic mass is 35.5. The lowest BCUT2D eigenvalue weighted by molar-refractivity contribution is 0.112. The van der Waals surface area contributed by atoms with Crippen molar-refractivity contribution in [1.29, 1.82) is 0 Å². The average molecular weight is 265 g/mol. The van der Waals surface area contributed by atoms with Crippen molar-refractivity contribution >= 4 is 17.9 Å². The Morgan fingerprint density at radius 1 is 1.17 bits per heavy atom. The van der Waals surface area contributed by atoms with Crippen molar-refractivity contribution in [2.45, 2.75) is 6.92 Å². The molecular weight excluding hydrogens is 255 g/mol. The quantitative estimate of drug-likeness (QED) is 0.769. The number of ether oxygens (including phenoxy) is 1. The molecule has 0 aliphatic carbocycles. The molecule has 0 aliphatic rings. The van der Waals surface area contributed by atoms with E-state index in [0.717, 1.165) is 0 Å². The third-order valence-electron chi connectivity index (χ3n) is 2.48. The van der Waals surface area contributed by atoms with E-state index in [-0.39, 0.29) is 5.82 Å². The SMILES string of the molecule is Cc1ccc(Oc2ccc(C=O)c(Cl)c2)cc1F. The molecule has 2 aromatic carbocycles. The Labute approximate surface area is 109 Å². The highest BCUT2D eigenvalue weighted by Crippen LogP contribution is 2.27. The van der Waals surface area contributed by atoms with Crippen molar-refractivity contribution in [1.82, 2.24) is 0 Å². The van der Waals surface area contributed by atoms with Gasteiger partial charge < -0.3 is 4.74 Å². The largest absolute Gasteiger partial charge is 0.457 e. The number of aldehydes is 1. The monoisotopic (exact) mass is 264 g/mol. The molecular formula is C14H10ClFO2. The van der Waals surface area contributed by atoms with Crippen LogP contribution in [0.1, 0.15) is 15.9 Å². The summed E-state index contributed by atoms with van der Waals surface area (Å²) in [4.78, 5) is 10.6. The highest BCUT2D eigenvalue weighted by molar-refractivity contribution is 6.33. The van der Waals surface area contributed by atoms with Crippen molar-refractivity contribution in [3.63, 3.8) is 0 Å². The average Bonchev–Trinajstić information content (AvgIpc) is 2.34. The standard InChI is InChI=1S/C14H10ClFO2/c1-9-2-4-12(7-14(9)16)18-11-5-3-10(8-17)13(15)6-11/h2-8H,1H3. The normalized spacial score (nSPS) is 10.2. The first kappa shape index (κ1) is 12.6. The Hall–Kier alpha value is -1.87. The second-order valence-electron chi connectivity index (χ2n) is 3.81. The molecule has 0 saturated carbocycles. The number of benzene rings is 2. The van der Waals surface area contributed by atoms with E-state index in [2.05, 4.69) is 0 Å². The number of aryl methyl sites for hydroxylation is 1. The van der Waals surface area contributed by atoms with Crippen LogP contribution < -0.4 is 4.74 Å². The summed E-state index contributed by atoms with van der Waals surface area (Å²) in [5.41, 5.74) is 0.941. The lowest BCUT2D eigenvalue weighted by atomic mass is 10.2. The van der Waals surface area contributed by atoms with Gasteiger partial charge in [0.1, 0.15) is 17.3 Å². The van der Waals surface area contributed by atoms with E-state index >= 15 is 0 Å². The van der Waals surface area contributed by atoms with Gasteiger partial charge in [0, 0.05) is 17.7 Å². The summed E-state index contributed by atoms with van der Waals surface area (Å²) in [6, 6.07) is 9.27. The summed E-state index contributed by atoms with van der Waals surface area (Å²) >= 11 is 5.87. The number of halogens is 2. The fourth-order valence-electron chi connectivity index (χ4n) is 1.44. The minimum absolute atomic E-state index is 0.301. The Kier molecular flexibility index (Phi) is 3.63. The molecule has 0 unspecified atom stereocenters. The fraction of sp³-hybridized carbons (Fsp3) is 0.0714. The van der Waals surface area contributed by atoms with Gasteiger partial charge in [-0.2, -0.15) is 0 Å². The summed E-state index contributed by atoms with van der Waals surface area (Å²) in [5, 5.41) is 0.301. The molecule has 0 saturated heterocycles. The van der Waals surface area contributed by atoms with Crippen molar-refractivity contribution in [2.24, 2.45) is 0 Å². The van der Waals surface area contributed by atoms with Crippen LogP contribution in [0, 0.1) is 12.7 Å². The molecule has 2 nitrogen and oxygen atoms in total.